The number of hydrogen-bond donors (Lipinski definition) is 2. The molecule has 0 heterocycles. The van der Waals surface area contributed by atoms with Gasteiger partial charge in [-0.3, -0.25) is 4.79 Å². The Balaban J connectivity index is 3.83. The van der Waals surface area contributed by atoms with Crippen LogP contribution in [0.3, 0.4) is 0 Å². The summed E-state index contributed by atoms with van der Waals surface area (Å²) in [6, 6.07) is -0.146. The van der Waals surface area contributed by atoms with Crippen LogP contribution in [0.25, 0.3) is 0 Å². The molecule has 0 rings (SSSR count). The topological polar surface area (TPSA) is 55.1 Å². The van der Waals surface area contributed by atoms with E-state index in [9.17, 15) is 4.79 Å². The summed E-state index contributed by atoms with van der Waals surface area (Å²) in [6.07, 6.45) is 0.745. The lowest BCUT2D eigenvalue weighted by Gasteiger charge is -2.12. The molecule has 0 aliphatic heterocycles. The lowest BCUT2D eigenvalue weighted by atomic mass is 10.2. The SMILES string of the molecule is CCC(NC(C)=O)C(N)=S. The average Bonchev–Trinajstić information content (AvgIpc) is 1.81. The van der Waals surface area contributed by atoms with Crippen molar-refractivity contribution in [3.05, 3.63) is 0 Å². The van der Waals surface area contributed by atoms with Crippen molar-refractivity contribution >= 4 is 23.1 Å². The Hall–Kier alpha value is -0.640. The molecule has 0 aliphatic carbocycles. The van der Waals surface area contributed by atoms with Crippen molar-refractivity contribution in [1.29, 1.82) is 0 Å². The van der Waals surface area contributed by atoms with Crippen molar-refractivity contribution in [1.82, 2.24) is 5.32 Å². The third-order valence-corrected chi connectivity index (χ3v) is 1.41. The normalized spacial score (nSPS) is 12.2. The fraction of sp³-hybridized carbons (Fsp3) is 0.667. The highest BCUT2D eigenvalue weighted by molar-refractivity contribution is 7.80. The highest BCUT2D eigenvalue weighted by atomic mass is 32.1. The maximum absolute atomic E-state index is 10.5. The second kappa shape index (κ2) is 4.22. The Morgan fingerprint density at radius 2 is 2.30 bits per heavy atom. The molecule has 58 valence electrons. The van der Waals surface area contributed by atoms with Gasteiger partial charge in [-0.15, -0.1) is 0 Å². The first-order valence-electron chi connectivity index (χ1n) is 3.14. The molecule has 1 unspecified atom stereocenters. The van der Waals surface area contributed by atoms with Gasteiger partial charge in [-0.2, -0.15) is 0 Å². The van der Waals surface area contributed by atoms with E-state index in [1.165, 1.54) is 6.92 Å². The summed E-state index contributed by atoms with van der Waals surface area (Å²) < 4.78 is 0. The first-order chi connectivity index (χ1) is 4.57. The first kappa shape index (κ1) is 9.36. The van der Waals surface area contributed by atoms with Crippen LogP contribution in [0.15, 0.2) is 0 Å². The molecule has 1 atom stereocenters. The highest BCUT2D eigenvalue weighted by Gasteiger charge is 2.08. The number of nitrogens with two attached hydrogens (primary N) is 1. The average molecular weight is 160 g/mol. The molecule has 0 saturated carbocycles. The Morgan fingerprint density at radius 1 is 1.80 bits per heavy atom. The van der Waals surface area contributed by atoms with Gasteiger partial charge >= 0.3 is 0 Å². The summed E-state index contributed by atoms with van der Waals surface area (Å²) in [7, 11) is 0. The van der Waals surface area contributed by atoms with Gasteiger partial charge in [0.05, 0.1) is 11.0 Å². The number of amides is 1. The van der Waals surface area contributed by atoms with Gasteiger partial charge < -0.3 is 11.1 Å². The van der Waals surface area contributed by atoms with Crippen LogP contribution in [0.2, 0.25) is 0 Å². The maximum Gasteiger partial charge on any atom is 0.217 e. The Kier molecular flexibility index (Phi) is 3.95. The summed E-state index contributed by atoms with van der Waals surface area (Å²) in [5.74, 6) is -0.0975. The minimum atomic E-state index is -0.146. The van der Waals surface area contributed by atoms with Crippen molar-refractivity contribution < 1.29 is 4.79 Å². The van der Waals surface area contributed by atoms with Crippen molar-refractivity contribution in [2.45, 2.75) is 26.3 Å². The van der Waals surface area contributed by atoms with Crippen LogP contribution >= 0.6 is 12.2 Å². The van der Waals surface area contributed by atoms with Gasteiger partial charge in [-0.1, -0.05) is 19.1 Å². The predicted octanol–water partition coefficient (Wildman–Crippen LogP) is 0.187. The molecule has 0 aromatic carbocycles. The molecule has 0 spiro atoms. The van der Waals surface area contributed by atoms with Crippen LogP contribution in [0, 0.1) is 0 Å². The first-order valence-corrected chi connectivity index (χ1v) is 3.55. The number of carbonyl (C=O) groups excluding carboxylic acids is 1. The largest absolute Gasteiger partial charge is 0.392 e. The number of thiocarbonyl (C=S) groups is 1. The van der Waals surface area contributed by atoms with E-state index < -0.39 is 0 Å². The maximum atomic E-state index is 10.5. The Morgan fingerprint density at radius 3 is 2.40 bits per heavy atom. The lowest BCUT2D eigenvalue weighted by Crippen LogP contribution is -2.41. The highest BCUT2D eigenvalue weighted by Crippen LogP contribution is 1.89. The van der Waals surface area contributed by atoms with Gasteiger partial charge in [0.15, 0.2) is 0 Å². The molecular weight excluding hydrogens is 148 g/mol. The zero-order chi connectivity index (χ0) is 8.15. The fourth-order valence-corrected chi connectivity index (χ4v) is 0.845. The summed E-state index contributed by atoms with van der Waals surface area (Å²) in [4.78, 5) is 10.8. The molecule has 3 N–H and O–H groups in total. The number of hydrogen-bond acceptors (Lipinski definition) is 2. The smallest absolute Gasteiger partial charge is 0.217 e. The van der Waals surface area contributed by atoms with Crippen LogP contribution < -0.4 is 11.1 Å². The molecule has 0 aromatic rings. The standard InChI is InChI=1S/C6H12N2OS/c1-3-5(6(7)10)8-4(2)9/h5H,3H2,1-2H3,(H2,7,10)(H,8,9). The van der Waals surface area contributed by atoms with Gasteiger partial charge in [0.2, 0.25) is 5.91 Å². The van der Waals surface area contributed by atoms with Crippen LogP contribution in [0.4, 0.5) is 0 Å². The molecule has 0 radical (unpaired) electrons. The fourth-order valence-electron chi connectivity index (χ4n) is 0.620. The molecule has 0 fully saturated rings. The zero-order valence-corrected chi connectivity index (χ0v) is 6.99. The van der Waals surface area contributed by atoms with E-state index >= 15 is 0 Å². The third-order valence-electron chi connectivity index (χ3n) is 1.13. The van der Waals surface area contributed by atoms with Crippen LogP contribution in [-0.4, -0.2) is 16.9 Å². The quantitative estimate of drug-likeness (QED) is 0.579. The minimum Gasteiger partial charge on any atom is -0.392 e. The molecule has 0 aromatic heterocycles. The second-order valence-electron chi connectivity index (χ2n) is 2.06. The number of carbonyl (C=O) groups is 1. The molecule has 10 heavy (non-hydrogen) atoms. The van der Waals surface area contributed by atoms with E-state index in [0.29, 0.717) is 4.99 Å². The van der Waals surface area contributed by atoms with Crippen LogP contribution in [0.1, 0.15) is 20.3 Å². The molecule has 0 saturated heterocycles. The third kappa shape index (κ3) is 3.40. The van der Waals surface area contributed by atoms with Crippen molar-refractivity contribution in [3.8, 4) is 0 Å². The van der Waals surface area contributed by atoms with E-state index in [2.05, 4.69) is 5.32 Å². The van der Waals surface area contributed by atoms with Gasteiger partial charge in [-0.05, 0) is 6.42 Å². The van der Waals surface area contributed by atoms with E-state index in [4.69, 9.17) is 18.0 Å². The van der Waals surface area contributed by atoms with Crippen molar-refractivity contribution in [2.24, 2.45) is 5.73 Å². The Bertz CT molecular complexity index is 147. The number of rotatable bonds is 3. The molecule has 1 amide bonds. The molecule has 3 nitrogen and oxygen atoms in total. The predicted molar refractivity (Wildman–Crippen MR) is 44.7 cm³/mol. The summed E-state index contributed by atoms with van der Waals surface area (Å²) in [5.41, 5.74) is 5.31. The van der Waals surface area contributed by atoms with Gasteiger partial charge in [0.25, 0.3) is 0 Å². The van der Waals surface area contributed by atoms with Gasteiger partial charge in [-0.25, -0.2) is 0 Å². The summed E-state index contributed by atoms with van der Waals surface area (Å²) in [6.45, 7) is 3.36. The molecule has 4 heteroatoms. The van der Waals surface area contributed by atoms with Crippen LogP contribution in [0.5, 0.6) is 0 Å². The molecular formula is C6H12N2OS. The van der Waals surface area contributed by atoms with Crippen LogP contribution in [-0.2, 0) is 4.79 Å². The van der Waals surface area contributed by atoms with E-state index in [1.54, 1.807) is 0 Å². The van der Waals surface area contributed by atoms with E-state index in [1.807, 2.05) is 6.92 Å². The summed E-state index contributed by atoms with van der Waals surface area (Å²) in [5, 5.41) is 2.62. The van der Waals surface area contributed by atoms with E-state index in [-0.39, 0.29) is 11.9 Å². The van der Waals surface area contributed by atoms with Crippen molar-refractivity contribution in [2.75, 3.05) is 0 Å². The van der Waals surface area contributed by atoms with Crippen molar-refractivity contribution in [3.63, 3.8) is 0 Å². The molecule has 0 bridgehead atoms. The zero-order valence-electron chi connectivity index (χ0n) is 6.18. The monoisotopic (exact) mass is 160 g/mol. The minimum absolute atomic E-state index is 0.0975. The molecule has 0 aliphatic rings. The number of nitrogens with one attached hydrogen (secondary N) is 1. The van der Waals surface area contributed by atoms with Gasteiger partial charge in [0.1, 0.15) is 0 Å². The Labute approximate surface area is 66.0 Å². The summed E-state index contributed by atoms with van der Waals surface area (Å²) >= 11 is 4.70. The van der Waals surface area contributed by atoms with Gasteiger partial charge in [0, 0.05) is 6.92 Å². The van der Waals surface area contributed by atoms with E-state index in [0.717, 1.165) is 6.42 Å². The second-order valence-corrected chi connectivity index (χ2v) is 2.54. The lowest BCUT2D eigenvalue weighted by molar-refractivity contribution is -0.119.